The predicted molar refractivity (Wildman–Crippen MR) is 75.0 cm³/mol. The molecule has 0 aliphatic rings. The molecule has 0 aliphatic heterocycles. The number of aryl methyl sites for hydroxylation is 1. The summed E-state index contributed by atoms with van der Waals surface area (Å²) in [6.07, 6.45) is 3.85. The van der Waals surface area contributed by atoms with E-state index in [0.717, 1.165) is 23.9 Å². The molecule has 0 bridgehead atoms. The second-order valence-electron chi connectivity index (χ2n) is 4.54. The zero-order chi connectivity index (χ0) is 12.8. The Kier molecular flexibility index (Phi) is 5.68. The van der Waals surface area contributed by atoms with Crippen LogP contribution in [0.5, 0.6) is 0 Å². The van der Waals surface area contributed by atoms with E-state index in [1.807, 2.05) is 19.0 Å². The van der Waals surface area contributed by atoms with Gasteiger partial charge in [-0.1, -0.05) is 22.9 Å². The molecule has 96 valence electrons. The number of aromatic nitrogens is 2. The molecule has 1 aromatic heterocycles. The third-order valence-electron chi connectivity index (χ3n) is 2.81. The summed E-state index contributed by atoms with van der Waals surface area (Å²) in [7, 11) is 3.80. The highest BCUT2D eigenvalue weighted by Gasteiger charge is 2.05. The molecule has 17 heavy (non-hydrogen) atoms. The summed E-state index contributed by atoms with van der Waals surface area (Å²) < 4.78 is 1.54. The van der Waals surface area contributed by atoms with Crippen molar-refractivity contribution in [3.8, 4) is 0 Å². The van der Waals surface area contributed by atoms with Crippen molar-refractivity contribution in [2.24, 2.45) is 5.92 Å². The fraction of sp³-hybridized carbons (Fsp3) is 0.667. The predicted octanol–water partition coefficient (Wildman–Crippen LogP) is 2.12. The van der Waals surface area contributed by atoms with Gasteiger partial charge >= 0.3 is 0 Å². The van der Waals surface area contributed by atoms with E-state index in [1.165, 1.54) is 4.68 Å². The van der Waals surface area contributed by atoms with E-state index in [0.29, 0.717) is 12.5 Å². The lowest BCUT2D eigenvalue weighted by molar-refractivity contribution is 0.440. The maximum atomic E-state index is 11.8. The third-order valence-corrected chi connectivity index (χ3v) is 3.26. The monoisotopic (exact) mass is 301 g/mol. The summed E-state index contributed by atoms with van der Waals surface area (Å²) in [4.78, 5) is 13.7. The molecule has 0 spiro atoms. The molecule has 5 heteroatoms. The number of hydrogen-bond acceptors (Lipinski definition) is 3. The van der Waals surface area contributed by atoms with Crippen LogP contribution in [0.1, 0.15) is 19.8 Å². The molecular weight excluding hydrogens is 282 g/mol. The summed E-state index contributed by atoms with van der Waals surface area (Å²) in [5, 5.41) is 5.19. The van der Waals surface area contributed by atoms with Crippen LogP contribution in [0.4, 0.5) is 5.69 Å². The van der Waals surface area contributed by atoms with Crippen LogP contribution >= 0.6 is 15.9 Å². The molecule has 0 fully saturated rings. The number of halogens is 1. The Morgan fingerprint density at radius 2 is 2.18 bits per heavy atom. The maximum Gasteiger partial charge on any atom is 0.268 e. The topological polar surface area (TPSA) is 38.1 Å². The molecule has 0 saturated heterocycles. The quantitative estimate of drug-likeness (QED) is 0.756. The molecule has 1 heterocycles. The van der Waals surface area contributed by atoms with Gasteiger partial charge < -0.3 is 4.90 Å². The minimum absolute atomic E-state index is 0.0257. The van der Waals surface area contributed by atoms with Crippen LogP contribution in [-0.4, -0.2) is 29.2 Å². The normalized spacial score (nSPS) is 12.5. The molecule has 0 amide bonds. The second-order valence-corrected chi connectivity index (χ2v) is 5.33. The van der Waals surface area contributed by atoms with Gasteiger partial charge in [-0.2, -0.15) is 5.10 Å². The summed E-state index contributed by atoms with van der Waals surface area (Å²) in [6.45, 7) is 2.89. The van der Waals surface area contributed by atoms with Crippen molar-refractivity contribution in [1.29, 1.82) is 0 Å². The van der Waals surface area contributed by atoms with Gasteiger partial charge in [0.25, 0.3) is 5.56 Å². The molecule has 1 unspecified atom stereocenters. The lowest BCUT2D eigenvalue weighted by atomic mass is 10.1. The molecule has 1 aromatic rings. The summed E-state index contributed by atoms with van der Waals surface area (Å²) in [6, 6.07) is 1.63. The SMILES string of the molecule is CC(CCBr)CCn1ncc(N(C)C)cc1=O. The lowest BCUT2D eigenvalue weighted by Crippen LogP contribution is -2.25. The van der Waals surface area contributed by atoms with Gasteiger partial charge in [0.15, 0.2) is 0 Å². The fourth-order valence-corrected chi connectivity index (χ4v) is 2.29. The van der Waals surface area contributed by atoms with Crippen molar-refractivity contribution in [1.82, 2.24) is 9.78 Å². The zero-order valence-corrected chi connectivity index (χ0v) is 12.3. The zero-order valence-electron chi connectivity index (χ0n) is 10.7. The first-order valence-corrected chi connectivity index (χ1v) is 6.97. The average Bonchev–Trinajstić information content (AvgIpc) is 2.27. The third kappa shape index (κ3) is 4.50. The largest absolute Gasteiger partial charge is 0.376 e. The second kappa shape index (κ2) is 6.79. The van der Waals surface area contributed by atoms with Crippen LogP contribution in [0.25, 0.3) is 0 Å². The standard InChI is InChI=1S/C12H20BrN3O/c1-10(4-6-13)5-7-16-12(17)8-11(9-14-16)15(2)3/h8-10H,4-7H2,1-3H3. The van der Waals surface area contributed by atoms with Crippen molar-refractivity contribution in [2.75, 3.05) is 24.3 Å². The highest BCUT2D eigenvalue weighted by atomic mass is 79.9. The molecule has 0 saturated carbocycles. The van der Waals surface area contributed by atoms with Crippen molar-refractivity contribution in [2.45, 2.75) is 26.3 Å². The Bertz CT molecular complexity index is 403. The number of nitrogens with zero attached hydrogens (tertiary/aromatic N) is 3. The molecule has 0 aliphatic carbocycles. The van der Waals surface area contributed by atoms with Crippen LogP contribution in [0.3, 0.4) is 0 Å². The minimum atomic E-state index is -0.0257. The van der Waals surface area contributed by atoms with E-state index in [-0.39, 0.29) is 5.56 Å². The Balaban J connectivity index is 2.64. The van der Waals surface area contributed by atoms with Gasteiger partial charge in [0.1, 0.15) is 0 Å². The number of rotatable bonds is 6. The van der Waals surface area contributed by atoms with E-state index in [4.69, 9.17) is 0 Å². The number of anilines is 1. The van der Waals surface area contributed by atoms with Gasteiger partial charge in [-0.25, -0.2) is 4.68 Å². The Morgan fingerprint density at radius 3 is 2.71 bits per heavy atom. The van der Waals surface area contributed by atoms with Gasteiger partial charge in [0.05, 0.1) is 11.9 Å². The Morgan fingerprint density at radius 1 is 1.47 bits per heavy atom. The first-order chi connectivity index (χ1) is 8.04. The van der Waals surface area contributed by atoms with E-state index in [2.05, 4.69) is 28.0 Å². The van der Waals surface area contributed by atoms with Crippen LogP contribution in [0, 0.1) is 5.92 Å². The van der Waals surface area contributed by atoms with Gasteiger partial charge in [-0.15, -0.1) is 0 Å². The fourth-order valence-electron chi connectivity index (χ4n) is 1.51. The van der Waals surface area contributed by atoms with Crippen LogP contribution in [0.2, 0.25) is 0 Å². The number of hydrogen-bond donors (Lipinski definition) is 0. The summed E-state index contributed by atoms with van der Waals surface area (Å²) >= 11 is 3.43. The molecule has 4 nitrogen and oxygen atoms in total. The van der Waals surface area contributed by atoms with E-state index in [1.54, 1.807) is 12.3 Å². The Labute approximate surface area is 111 Å². The van der Waals surface area contributed by atoms with Crippen LogP contribution in [0.15, 0.2) is 17.1 Å². The minimum Gasteiger partial charge on any atom is -0.376 e. The van der Waals surface area contributed by atoms with Crippen molar-refractivity contribution in [3.05, 3.63) is 22.6 Å². The van der Waals surface area contributed by atoms with Crippen molar-refractivity contribution in [3.63, 3.8) is 0 Å². The van der Waals surface area contributed by atoms with Crippen molar-refractivity contribution >= 4 is 21.6 Å². The first kappa shape index (κ1) is 14.2. The van der Waals surface area contributed by atoms with Gasteiger partial charge in [0.2, 0.25) is 0 Å². The van der Waals surface area contributed by atoms with Gasteiger partial charge in [0, 0.05) is 32.0 Å². The van der Waals surface area contributed by atoms with E-state index < -0.39 is 0 Å². The highest BCUT2D eigenvalue weighted by molar-refractivity contribution is 9.09. The van der Waals surface area contributed by atoms with E-state index >= 15 is 0 Å². The van der Waals surface area contributed by atoms with Crippen LogP contribution < -0.4 is 10.5 Å². The molecule has 1 atom stereocenters. The van der Waals surface area contributed by atoms with Crippen LogP contribution in [-0.2, 0) is 6.54 Å². The first-order valence-electron chi connectivity index (χ1n) is 5.85. The average molecular weight is 302 g/mol. The highest BCUT2D eigenvalue weighted by Crippen LogP contribution is 2.10. The molecular formula is C12H20BrN3O. The van der Waals surface area contributed by atoms with Crippen molar-refractivity contribution < 1.29 is 0 Å². The molecule has 1 rings (SSSR count). The summed E-state index contributed by atoms with van der Waals surface area (Å²) in [5.41, 5.74) is 0.821. The molecule has 0 aromatic carbocycles. The smallest absolute Gasteiger partial charge is 0.268 e. The summed E-state index contributed by atoms with van der Waals surface area (Å²) in [5.74, 6) is 0.608. The van der Waals surface area contributed by atoms with Gasteiger partial charge in [-0.3, -0.25) is 4.79 Å². The molecule has 0 radical (unpaired) electrons. The van der Waals surface area contributed by atoms with Gasteiger partial charge in [-0.05, 0) is 18.8 Å². The Hall–Kier alpha value is -0.840. The van der Waals surface area contributed by atoms with E-state index in [9.17, 15) is 4.79 Å². The molecule has 0 N–H and O–H groups in total. The maximum absolute atomic E-state index is 11.8. The lowest BCUT2D eigenvalue weighted by Gasteiger charge is -2.13. The number of alkyl halides is 1.